The number of anilines is 1. The second-order valence-corrected chi connectivity index (χ2v) is 8.06. The van der Waals surface area contributed by atoms with Crippen molar-refractivity contribution in [1.29, 1.82) is 0 Å². The molecule has 2 fully saturated rings. The molecule has 142 valence electrons. The van der Waals surface area contributed by atoms with Gasteiger partial charge in [0.05, 0.1) is 5.02 Å². The van der Waals surface area contributed by atoms with E-state index in [1.54, 1.807) is 12.1 Å². The lowest BCUT2D eigenvalue weighted by Crippen LogP contribution is -2.48. The van der Waals surface area contributed by atoms with Gasteiger partial charge in [0.2, 0.25) is 11.8 Å². The van der Waals surface area contributed by atoms with Crippen LogP contribution in [0.2, 0.25) is 5.02 Å². The van der Waals surface area contributed by atoms with E-state index < -0.39 is 0 Å². The van der Waals surface area contributed by atoms with Crippen molar-refractivity contribution in [3.63, 3.8) is 0 Å². The molecule has 1 amide bonds. The number of ether oxygens (including phenoxy) is 1. The Kier molecular flexibility index (Phi) is 5.32. The van der Waals surface area contributed by atoms with Crippen LogP contribution in [0.25, 0.3) is 0 Å². The van der Waals surface area contributed by atoms with Crippen LogP contribution in [0, 0.1) is 17.8 Å². The van der Waals surface area contributed by atoms with Gasteiger partial charge in [0, 0.05) is 29.9 Å². The minimum Gasteiger partial charge on any atom is -0.439 e. The average Bonchev–Trinajstić information content (AvgIpc) is 2.65. The van der Waals surface area contributed by atoms with Crippen molar-refractivity contribution in [2.24, 2.45) is 23.5 Å². The molecule has 1 heterocycles. The number of carbonyl (C=O) groups is 1. The van der Waals surface area contributed by atoms with E-state index in [0.29, 0.717) is 28.5 Å². The van der Waals surface area contributed by atoms with E-state index in [9.17, 15) is 4.79 Å². The molecule has 0 saturated heterocycles. The number of nitrogens with two attached hydrogens (primary N) is 1. The first-order valence-corrected chi connectivity index (χ1v) is 9.92. The molecular weight excluding hydrogens is 362 g/mol. The zero-order chi connectivity index (χ0) is 18.8. The highest BCUT2D eigenvalue weighted by molar-refractivity contribution is 6.30. The number of fused-ring (bicyclic) bond motifs is 2. The number of halogens is 1. The van der Waals surface area contributed by atoms with E-state index >= 15 is 0 Å². The van der Waals surface area contributed by atoms with Crippen LogP contribution >= 0.6 is 11.6 Å². The Morgan fingerprint density at radius 1 is 1.11 bits per heavy atom. The maximum absolute atomic E-state index is 12.7. The van der Waals surface area contributed by atoms with Crippen molar-refractivity contribution in [3.8, 4) is 11.6 Å². The summed E-state index contributed by atoms with van der Waals surface area (Å²) in [6, 6.07) is 11.0. The summed E-state index contributed by atoms with van der Waals surface area (Å²) in [5.41, 5.74) is 7.10. The highest BCUT2D eigenvalue weighted by Gasteiger charge is 2.40. The summed E-state index contributed by atoms with van der Waals surface area (Å²) >= 11 is 5.82. The van der Waals surface area contributed by atoms with E-state index in [1.165, 1.54) is 12.6 Å². The second-order valence-electron chi connectivity index (χ2n) is 7.63. The number of hydrogen-bond acceptors (Lipinski definition) is 4. The quantitative estimate of drug-likeness (QED) is 0.805. The van der Waals surface area contributed by atoms with E-state index in [1.807, 2.05) is 24.3 Å². The first kappa shape index (κ1) is 18.3. The Balaban J connectivity index is 1.35. The molecule has 0 radical (unpaired) electrons. The Labute approximate surface area is 164 Å². The number of pyridine rings is 1. The number of aromatic nitrogens is 1. The van der Waals surface area contributed by atoms with Crippen molar-refractivity contribution < 1.29 is 9.53 Å². The minimum absolute atomic E-state index is 0.0642. The Morgan fingerprint density at radius 3 is 2.44 bits per heavy atom. The lowest BCUT2D eigenvalue weighted by atomic mass is 9.65. The number of hydrogen-bond donors (Lipinski definition) is 2. The molecule has 2 aromatic rings. The van der Waals surface area contributed by atoms with Crippen LogP contribution < -0.4 is 15.8 Å². The first-order chi connectivity index (χ1) is 13.1. The molecule has 2 bridgehead atoms. The fourth-order valence-electron chi connectivity index (χ4n) is 4.40. The van der Waals surface area contributed by atoms with Crippen molar-refractivity contribution in [2.75, 3.05) is 5.32 Å². The van der Waals surface area contributed by atoms with Crippen LogP contribution in [0.5, 0.6) is 11.6 Å². The number of amides is 1. The normalized spacial score (nSPS) is 27.0. The first-order valence-electron chi connectivity index (χ1n) is 9.54. The zero-order valence-electron chi connectivity index (χ0n) is 15.1. The Hall–Kier alpha value is -2.11. The fourth-order valence-corrected chi connectivity index (χ4v) is 4.51. The van der Waals surface area contributed by atoms with Gasteiger partial charge in [-0.2, -0.15) is 0 Å². The molecule has 2 atom stereocenters. The molecule has 4 rings (SSSR count). The van der Waals surface area contributed by atoms with Gasteiger partial charge in [-0.25, -0.2) is 4.98 Å². The molecule has 2 saturated carbocycles. The molecule has 5 nitrogen and oxygen atoms in total. The lowest BCUT2D eigenvalue weighted by Gasteiger charge is -2.43. The molecule has 6 heteroatoms. The highest BCUT2D eigenvalue weighted by Crippen LogP contribution is 2.42. The monoisotopic (exact) mass is 385 g/mol. The second kappa shape index (κ2) is 7.87. The lowest BCUT2D eigenvalue weighted by molar-refractivity contribution is -0.122. The molecular formula is C21H24ClN3O2. The van der Waals surface area contributed by atoms with Gasteiger partial charge in [0.15, 0.2) is 0 Å². The third kappa shape index (κ3) is 4.25. The van der Waals surface area contributed by atoms with Crippen molar-refractivity contribution in [3.05, 3.63) is 47.6 Å². The predicted molar refractivity (Wildman–Crippen MR) is 106 cm³/mol. The van der Waals surface area contributed by atoms with Gasteiger partial charge in [-0.15, -0.1) is 0 Å². The molecule has 27 heavy (non-hydrogen) atoms. The Bertz CT molecular complexity index is 780. The van der Waals surface area contributed by atoms with Gasteiger partial charge in [-0.1, -0.05) is 18.0 Å². The van der Waals surface area contributed by atoms with E-state index in [4.69, 9.17) is 22.1 Å². The average molecular weight is 386 g/mol. The minimum atomic E-state index is 0.0642. The Morgan fingerprint density at radius 2 is 1.81 bits per heavy atom. The summed E-state index contributed by atoms with van der Waals surface area (Å²) in [5, 5.41) is 3.61. The summed E-state index contributed by atoms with van der Waals surface area (Å²) < 4.78 is 5.68. The molecule has 0 aliphatic heterocycles. The van der Waals surface area contributed by atoms with E-state index in [2.05, 4.69) is 10.3 Å². The van der Waals surface area contributed by atoms with E-state index in [0.717, 1.165) is 31.4 Å². The summed E-state index contributed by atoms with van der Waals surface area (Å²) in [7, 11) is 0. The van der Waals surface area contributed by atoms with Crippen LogP contribution in [0.1, 0.15) is 32.1 Å². The number of benzene rings is 1. The zero-order valence-corrected chi connectivity index (χ0v) is 15.9. The molecule has 2 aliphatic carbocycles. The van der Waals surface area contributed by atoms with Gasteiger partial charge < -0.3 is 15.8 Å². The summed E-state index contributed by atoms with van der Waals surface area (Å²) in [5.74, 6) is 2.29. The van der Waals surface area contributed by atoms with Crippen LogP contribution in [-0.2, 0) is 4.79 Å². The van der Waals surface area contributed by atoms with E-state index in [-0.39, 0.29) is 17.9 Å². The smallest absolute Gasteiger partial charge is 0.227 e. The number of nitrogens with one attached hydrogen (secondary N) is 1. The third-order valence-electron chi connectivity index (χ3n) is 5.83. The maximum atomic E-state index is 12.7. The largest absolute Gasteiger partial charge is 0.439 e. The van der Waals surface area contributed by atoms with Crippen molar-refractivity contribution in [2.45, 2.75) is 38.1 Å². The molecule has 2 aliphatic rings. The summed E-state index contributed by atoms with van der Waals surface area (Å²) in [6.45, 7) is 0. The van der Waals surface area contributed by atoms with Crippen molar-refractivity contribution in [1.82, 2.24) is 4.98 Å². The van der Waals surface area contributed by atoms with Crippen LogP contribution in [0.4, 0.5) is 5.69 Å². The fraction of sp³-hybridized carbons (Fsp3) is 0.429. The van der Waals surface area contributed by atoms with Crippen LogP contribution in [-0.4, -0.2) is 16.9 Å². The highest BCUT2D eigenvalue weighted by atomic mass is 35.5. The summed E-state index contributed by atoms with van der Waals surface area (Å²) in [4.78, 5) is 16.8. The predicted octanol–water partition coefficient (Wildman–Crippen LogP) is 4.62. The number of nitrogens with zero attached hydrogens (tertiary/aromatic N) is 1. The molecule has 1 aromatic heterocycles. The summed E-state index contributed by atoms with van der Waals surface area (Å²) in [6.07, 6.45) is 6.93. The standard InChI is InChI=1S/C21H24ClN3O2/c22-16-4-9-19(24-12-16)27-18-7-5-17(6-8-18)25-21(26)15-10-13-2-1-3-14(11-15)20(13)23/h4-9,12-15,20H,1-3,10-11,23H2,(H,25,26). The van der Waals surface area contributed by atoms with Crippen molar-refractivity contribution >= 4 is 23.2 Å². The molecule has 1 aromatic carbocycles. The topological polar surface area (TPSA) is 77.2 Å². The third-order valence-corrected chi connectivity index (χ3v) is 6.05. The van der Waals surface area contributed by atoms with Crippen LogP contribution in [0.15, 0.2) is 42.6 Å². The van der Waals surface area contributed by atoms with Gasteiger partial charge >= 0.3 is 0 Å². The molecule has 3 N–H and O–H groups in total. The van der Waals surface area contributed by atoms with Gasteiger partial charge in [0.1, 0.15) is 5.75 Å². The maximum Gasteiger partial charge on any atom is 0.227 e. The SMILES string of the molecule is NC1C2CCCC1CC(C(=O)Nc1ccc(Oc3ccc(Cl)cn3)cc1)C2. The number of rotatable bonds is 4. The van der Waals surface area contributed by atoms with Gasteiger partial charge in [0.25, 0.3) is 0 Å². The van der Waals surface area contributed by atoms with Gasteiger partial charge in [-0.3, -0.25) is 4.79 Å². The molecule has 2 unspecified atom stereocenters. The van der Waals surface area contributed by atoms with Gasteiger partial charge in [-0.05, 0) is 67.9 Å². The molecule has 0 spiro atoms. The number of carbonyl (C=O) groups excluding carboxylic acids is 1. The van der Waals surface area contributed by atoms with Crippen LogP contribution in [0.3, 0.4) is 0 Å².